The fourth-order valence-electron chi connectivity index (χ4n) is 1.97. The van der Waals surface area contributed by atoms with E-state index in [1.165, 1.54) is 17.5 Å². The summed E-state index contributed by atoms with van der Waals surface area (Å²) in [6.07, 6.45) is 8.73. The third kappa shape index (κ3) is 3.34. The van der Waals surface area contributed by atoms with Crippen LogP contribution in [-0.4, -0.2) is 37.2 Å². The molecular weight excluding hydrogens is 279 g/mol. The molecule has 17 heavy (non-hydrogen) atoms. The fourth-order valence-corrected chi connectivity index (χ4v) is 4.10. The quantitative estimate of drug-likeness (QED) is 0.529. The number of hydrazone groups is 1. The molecule has 0 amide bonds. The van der Waals surface area contributed by atoms with Crippen LogP contribution in [0, 0.1) is 0 Å². The van der Waals surface area contributed by atoms with Gasteiger partial charge in [0.2, 0.25) is 0 Å². The van der Waals surface area contributed by atoms with Crippen LogP contribution in [-0.2, 0) is 0 Å². The molecule has 1 fully saturated rings. The van der Waals surface area contributed by atoms with E-state index in [-0.39, 0.29) is 0 Å². The van der Waals surface area contributed by atoms with E-state index in [1.807, 2.05) is 19.9 Å². The molecule has 0 bridgehead atoms. The van der Waals surface area contributed by atoms with Crippen molar-refractivity contribution in [1.82, 2.24) is 16.1 Å². The summed E-state index contributed by atoms with van der Waals surface area (Å²) in [5, 5.41) is 11.7. The van der Waals surface area contributed by atoms with Crippen LogP contribution in [0.3, 0.4) is 0 Å². The predicted molar refractivity (Wildman–Crippen MR) is 72.8 cm³/mol. The Labute approximate surface area is 109 Å². The molecule has 0 aliphatic carbocycles. The third-order valence-electron chi connectivity index (χ3n) is 2.84. The molecule has 2 heterocycles. The SMILES string of the molecule is C/C=C\C(=C/C)NC1NN=C(C2CCCN2)[Se]1. The molecule has 1 saturated heterocycles. The molecule has 2 rings (SSSR count). The second-order valence-corrected chi connectivity index (χ2v) is 6.48. The molecular formula is C12H20N4Se. The van der Waals surface area contributed by atoms with E-state index in [0.717, 1.165) is 12.2 Å². The van der Waals surface area contributed by atoms with Gasteiger partial charge in [-0.05, 0) is 0 Å². The fraction of sp³-hybridized carbons (Fsp3) is 0.583. The number of rotatable bonds is 4. The Bertz CT molecular complexity index is 342. The van der Waals surface area contributed by atoms with E-state index < -0.39 is 0 Å². The molecule has 0 aromatic heterocycles. The van der Waals surface area contributed by atoms with Crippen LogP contribution in [0.25, 0.3) is 0 Å². The summed E-state index contributed by atoms with van der Waals surface area (Å²) < 4.78 is 1.32. The molecule has 0 aromatic carbocycles. The summed E-state index contributed by atoms with van der Waals surface area (Å²) in [4.78, 5) is 0. The van der Waals surface area contributed by atoms with Crippen molar-refractivity contribution < 1.29 is 0 Å². The van der Waals surface area contributed by atoms with Gasteiger partial charge in [0.25, 0.3) is 0 Å². The van der Waals surface area contributed by atoms with Crippen molar-refractivity contribution in [3.63, 3.8) is 0 Å². The normalized spacial score (nSPS) is 29.5. The second-order valence-electron chi connectivity index (χ2n) is 4.11. The van der Waals surface area contributed by atoms with E-state index in [1.54, 1.807) is 0 Å². The number of hydrogen-bond donors (Lipinski definition) is 3. The Kier molecular flexibility index (Phi) is 4.65. The Morgan fingerprint density at radius 1 is 1.53 bits per heavy atom. The number of nitrogens with zero attached hydrogens (tertiary/aromatic N) is 1. The van der Waals surface area contributed by atoms with Crippen molar-refractivity contribution in [3.8, 4) is 0 Å². The van der Waals surface area contributed by atoms with Crippen molar-refractivity contribution in [2.24, 2.45) is 5.10 Å². The van der Waals surface area contributed by atoms with Crippen molar-refractivity contribution in [2.75, 3.05) is 6.54 Å². The summed E-state index contributed by atoms with van der Waals surface area (Å²) in [5.74, 6) is 0. The summed E-state index contributed by atoms with van der Waals surface area (Å²) >= 11 is 0.387. The standard InChI is InChI=1S/C12H20N4Se/c1-3-6-9(4-2)14-12-16-15-11(17-12)10-7-5-8-13-10/h3-4,6,10,12-14,16H,5,7-8H2,1-2H3/b6-3-,9-4+. The van der Waals surface area contributed by atoms with Gasteiger partial charge in [-0.15, -0.1) is 0 Å². The first-order valence-corrected chi connectivity index (χ1v) is 7.96. The van der Waals surface area contributed by atoms with E-state index in [0.29, 0.717) is 26.1 Å². The van der Waals surface area contributed by atoms with Crippen molar-refractivity contribution >= 4 is 19.6 Å². The Morgan fingerprint density at radius 3 is 3.06 bits per heavy atom. The minimum absolute atomic E-state index is 0.294. The molecule has 0 radical (unpaired) electrons. The number of nitrogens with one attached hydrogen (secondary N) is 3. The van der Waals surface area contributed by atoms with Gasteiger partial charge < -0.3 is 0 Å². The zero-order valence-electron chi connectivity index (χ0n) is 10.4. The molecule has 2 aliphatic rings. The van der Waals surface area contributed by atoms with E-state index in [9.17, 15) is 0 Å². The van der Waals surface area contributed by atoms with Crippen LogP contribution < -0.4 is 16.1 Å². The summed E-state index contributed by atoms with van der Waals surface area (Å²) in [6.45, 7) is 5.21. The molecule has 4 nitrogen and oxygen atoms in total. The van der Waals surface area contributed by atoms with Crippen LogP contribution in [0.5, 0.6) is 0 Å². The molecule has 0 aromatic rings. The first-order chi connectivity index (χ1) is 8.33. The predicted octanol–water partition coefficient (Wildman–Crippen LogP) is 0.712. The zero-order chi connectivity index (χ0) is 12.1. The van der Waals surface area contributed by atoms with Gasteiger partial charge in [0.1, 0.15) is 0 Å². The van der Waals surface area contributed by atoms with Crippen molar-refractivity contribution in [2.45, 2.75) is 37.8 Å². The average molecular weight is 299 g/mol. The molecule has 5 heteroatoms. The molecule has 0 saturated carbocycles. The van der Waals surface area contributed by atoms with Crippen LogP contribution in [0.2, 0.25) is 0 Å². The van der Waals surface area contributed by atoms with Crippen LogP contribution >= 0.6 is 0 Å². The summed E-state index contributed by atoms with van der Waals surface area (Å²) in [6, 6.07) is 0.519. The molecule has 94 valence electrons. The Morgan fingerprint density at radius 2 is 2.41 bits per heavy atom. The Hall–Kier alpha value is -0.771. The first-order valence-electron chi connectivity index (χ1n) is 6.12. The molecule has 3 N–H and O–H groups in total. The van der Waals surface area contributed by atoms with Crippen LogP contribution in [0.1, 0.15) is 26.7 Å². The number of hydrogen-bond acceptors (Lipinski definition) is 4. The van der Waals surface area contributed by atoms with Crippen molar-refractivity contribution in [1.29, 1.82) is 0 Å². The third-order valence-corrected chi connectivity index (χ3v) is 5.10. The molecule has 2 aliphatic heterocycles. The monoisotopic (exact) mass is 300 g/mol. The van der Waals surface area contributed by atoms with Gasteiger partial charge in [-0.1, -0.05) is 0 Å². The number of allylic oxidation sites excluding steroid dienone is 3. The average Bonchev–Trinajstić information content (AvgIpc) is 2.98. The molecule has 0 spiro atoms. The molecule has 2 unspecified atom stereocenters. The van der Waals surface area contributed by atoms with E-state index in [2.05, 4.69) is 33.3 Å². The molecule has 2 atom stereocenters. The van der Waals surface area contributed by atoms with Crippen LogP contribution in [0.4, 0.5) is 0 Å². The van der Waals surface area contributed by atoms with E-state index >= 15 is 0 Å². The van der Waals surface area contributed by atoms with Gasteiger partial charge in [0.05, 0.1) is 0 Å². The topological polar surface area (TPSA) is 48.5 Å². The van der Waals surface area contributed by atoms with E-state index in [4.69, 9.17) is 0 Å². The van der Waals surface area contributed by atoms with Crippen molar-refractivity contribution in [3.05, 3.63) is 23.9 Å². The summed E-state index contributed by atoms with van der Waals surface area (Å²) in [5.41, 5.74) is 4.35. The maximum absolute atomic E-state index is 4.46. The van der Waals surface area contributed by atoms with Gasteiger partial charge in [-0.2, -0.15) is 0 Å². The van der Waals surface area contributed by atoms with Crippen LogP contribution in [0.15, 0.2) is 29.0 Å². The second kappa shape index (κ2) is 6.24. The first kappa shape index (κ1) is 12.7. The van der Waals surface area contributed by atoms with Gasteiger partial charge >= 0.3 is 109 Å². The maximum atomic E-state index is 4.46. The zero-order valence-corrected chi connectivity index (χ0v) is 12.1. The van der Waals surface area contributed by atoms with Gasteiger partial charge in [0, 0.05) is 0 Å². The summed E-state index contributed by atoms with van der Waals surface area (Å²) in [7, 11) is 0. The van der Waals surface area contributed by atoms with Gasteiger partial charge in [0.15, 0.2) is 0 Å². The minimum atomic E-state index is 0.294. The van der Waals surface area contributed by atoms with Gasteiger partial charge in [-0.25, -0.2) is 0 Å². The Balaban J connectivity index is 1.83. The van der Waals surface area contributed by atoms with Gasteiger partial charge in [-0.3, -0.25) is 0 Å².